The molecule has 94 valence electrons. The van der Waals surface area contributed by atoms with Crippen molar-refractivity contribution in [2.75, 3.05) is 0 Å². The van der Waals surface area contributed by atoms with Gasteiger partial charge in [0.05, 0.1) is 0 Å². The van der Waals surface area contributed by atoms with Gasteiger partial charge in [-0.2, -0.15) is 0 Å². The Morgan fingerprint density at radius 3 is 2.63 bits per heavy atom. The van der Waals surface area contributed by atoms with Gasteiger partial charge in [-0.15, -0.1) is 11.3 Å². The van der Waals surface area contributed by atoms with Crippen molar-refractivity contribution in [1.29, 1.82) is 0 Å². The van der Waals surface area contributed by atoms with E-state index in [1.54, 1.807) is 0 Å². The smallest absolute Gasteiger partial charge is 0.0486 e. The highest BCUT2D eigenvalue weighted by molar-refractivity contribution is 14.1. The summed E-state index contributed by atoms with van der Waals surface area (Å²) in [5.41, 5.74) is 4.54. The van der Waals surface area contributed by atoms with E-state index in [0.29, 0.717) is 0 Å². The van der Waals surface area contributed by atoms with Gasteiger partial charge in [-0.25, -0.2) is 0 Å². The molecule has 0 atom stereocenters. The molecular weight excluding hydrogens is 363 g/mol. The van der Waals surface area contributed by atoms with Crippen LogP contribution in [0.2, 0.25) is 0 Å². The largest absolute Gasteiger partial charge is 0.134 e. The van der Waals surface area contributed by atoms with Crippen LogP contribution in [0.25, 0.3) is 20.5 Å². The molecule has 0 saturated heterocycles. The van der Waals surface area contributed by atoms with Gasteiger partial charge in [0, 0.05) is 18.6 Å². The first-order valence-corrected chi connectivity index (χ1v) is 8.31. The molecule has 0 aliphatic heterocycles. The quantitative estimate of drug-likeness (QED) is 0.434. The SMILES string of the molecule is CC1(C)c2ccccc2-c2sc3c(I)cccc3c21. The molecule has 2 heteroatoms. The van der Waals surface area contributed by atoms with Crippen LogP contribution >= 0.6 is 33.9 Å². The summed E-state index contributed by atoms with van der Waals surface area (Å²) in [5, 5.41) is 1.44. The van der Waals surface area contributed by atoms with E-state index < -0.39 is 0 Å². The summed E-state index contributed by atoms with van der Waals surface area (Å²) in [6, 6.07) is 15.5. The lowest BCUT2D eigenvalue weighted by atomic mass is 9.81. The molecule has 4 rings (SSSR count). The third kappa shape index (κ3) is 1.44. The zero-order chi connectivity index (χ0) is 13.2. The molecular formula is C17H13IS. The maximum atomic E-state index is 2.45. The zero-order valence-corrected chi connectivity index (χ0v) is 13.8. The Hall–Kier alpha value is -0.870. The van der Waals surface area contributed by atoms with E-state index in [9.17, 15) is 0 Å². The number of thiophene rings is 1. The van der Waals surface area contributed by atoms with Crippen LogP contribution in [0.3, 0.4) is 0 Å². The molecule has 0 spiro atoms. The van der Waals surface area contributed by atoms with Crippen LogP contribution in [0.1, 0.15) is 25.0 Å². The summed E-state index contributed by atoms with van der Waals surface area (Å²) in [4.78, 5) is 1.47. The minimum absolute atomic E-state index is 0.120. The second-order valence-electron chi connectivity index (χ2n) is 5.59. The Morgan fingerprint density at radius 1 is 1.00 bits per heavy atom. The van der Waals surface area contributed by atoms with Crippen molar-refractivity contribution in [3.05, 3.63) is 57.2 Å². The van der Waals surface area contributed by atoms with Crippen LogP contribution in [-0.2, 0) is 5.41 Å². The number of hydrogen-bond donors (Lipinski definition) is 0. The molecule has 1 heterocycles. The molecule has 0 unspecified atom stereocenters. The van der Waals surface area contributed by atoms with Crippen LogP contribution in [0.5, 0.6) is 0 Å². The van der Waals surface area contributed by atoms with Crippen molar-refractivity contribution >= 4 is 44.0 Å². The molecule has 0 bridgehead atoms. The van der Waals surface area contributed by atoms with E-state index >= 15 is 0 Å². The number of fused-ring (bicyclic) bond motifs is 5. The van der Waals surface area contributed by atoms with Crippen LogP contribution in [0, 0.1) is 3.57 Å². The highest BCUT2D eigenvalue weighted by atomic mass is 127. The lowest BCUT2D eigenvalue weighted by molar-refractivity contribution is 0.667. The third-order valence-corrected chi connectivity index (χ3v) is 6.67. The number of rotatable bonds is 0. The second-order valence-corrected chi connectivity index (χ2v) is 7.78. The van der Waals surface area contributed by atoms with Crippen molar-refractivity contribution in [1.82, 2.24) is 0 Å². The van der Waals surface area contributed by atoms with Gasteiger partial charge in [0.1, 0.15) is 0 Å². The van der Waals surface area contributed by atoms with Gasteiger partial charge in [-0.3, -0.25) is 0 Å². The lowest BCUT2D eigenvalue weighted by Gasteiger charge is -2.21. The van der Waals surface area contributed by atoms with Crippen LogP contribution < -0.4 is 0 Å². The topological polar surface area (TPSA) is 0 Å². The number of benzene rings is 2. The summed E-state index contributed by atoms with van der Waals surface area (Å²) in [6.07, 6.45) is 0. The third-order valence-electron chi connectivity index (χ3n) is 4.14. The van der Waals surface area contributed by atoms with E-state index in [4.69, 9.17) is 0 Å². The Balaban J connectivity index is 2.20. The van der Waals surface area contributed by atoms with Crippen molar-refractivity contribution in [2.45, 2.75) is 19.3 Å². The summed E-state index contributed by atoms with van der Waals surface area (Å²) in [5.74, 6) is 0. The zero-order valence-electron chi connectivity index (χ0n) is 10.8. The molecule has 0 amide bonds. The van der Waals surface area contributed by atoms with Gasteiger partial charge in [-0.1, -0.05) is 50.2 Å². The van der Waals surface area contributed by atoms with Crippen LogP contribution in [-0.4, -0.2) is 0 Å². The second kappa shape index (κ2) is 3.83. The van der Waals surface area contributed by atoms with E-state index in [1.165, 1.54) is 35.2 Å². The molecule has 1 aliphatic carbocycles. The Bertz CT molecular complexity index is 811. The van der Waals surface area contributed by atoms with Gasteiger partial charge in [0.25, 0.3) is 0 Å². The first-order chi connectivity index (χ1) is 9.10. The summed E-state index contributed by atoms with van der Waals surface area (Å²) in [6.45, 7) is 4.70. The molecule has 0 saturated carbocycles. The van der Waals surface area contributed by atoms with Crippen molar-refractivity contribution in [2.24, 2.45) is 0 Å². The monoisotopic (exact) mass is 376 g/mol. The molecule has 19 heavy (non-hydrogen) atoms. The highest BCUT2D eigenvalue weighted by Gasteiger charge is 2.38. The normalized spacial score (nSPS) is 15.5. The summed E-state index contributed by atoms with van der Waals surface area (Å²) >= 11 is 4.40. The number of halogens is 1. The van der Waals surface area contributed by atoms with Crippen molar-refractivity contribution in [3.63, 3.8) is 0 Å². The van der Waals surface area contributed by atoms with E-state index in [0.717, 1.165) is 0 Å². The van der Waals surface area contributed by atoms with Gasteiger partial charge in [-0.05, 0) is 50.7 Å². The average molecular weight is 376 g/mol. The fraction of sp³-hybridized carbons (Fsp3) is 0.176. The van der Waals surface area contributed by atoms with Crippen LogP contribution in [0.15, 0.2) is 42.5 Å². The molecule has 0 fully saturated rings. The number of hydrogen-bond acceptors (Lipinski definition) is 1. The van der Waals surface area contributed by atoms with Crippen molar-refractivity contribution < 1.29 is 0 Å². The Morgan fingerprint density at radius 2 is 1.79 bits per heavy atom. The fourth-order valence-corrected chi connectivity index (χ4v) is 5.49. The minimum atomic E-state index is 0.120. The maximum Gasteiger partial charge on any atom is 0.0486 e. The van der Waals surface area contributed by atoms with Crippen molar-refractivity contribution in [3.8, 4) is 10.4 Å². The predicted molar refractivity (Wildman–Crippen MR) is 92.1 cm³/mol. The van der Waals surface area contributed by atoms with E-state index in [-0.39, 0.29) is 5.41 Å². The van der Waals surface area contributed by atoms with Gasteiger partial charge in [0.15, 0.2) is 0 Å². The maximum absolute atomic E-state index is 2.45. The highest BCUT2D eigenvalue weighted by Crippen LogP contribution is 2.55. The molecule has 0 N–H and O–H groups in total. The standard InChI is InChI=1S/C17H13IS/c1-17(2)12-8-4-3-6-10(12)16-14(17)11-7-5-9-13(18)15(11)19-16/h3-9H,1-2H3. The van der Waals surface area contributed by atoms with E-state index in [2.05, 4.69) is 78.9 Å². The predicted octanol–water partition coefficient (Wildman–Crippen LogP) is 5.81. The summed E-state index contributed by atoms with van der Waals surface area (Å²) in [7, 11) is 0. The van der Waals surface area contributed by atoms with E-state index in [1.807, 2.05) is 11.3 Å². The molecule has 3 aromatic rings. The Labute approximate surface area is 130 Å². The average Bonchev–Trinajstić information content (AvgIpc) is 2.88. The van der Waals surface area contributed by atoms with Gasteiger partial charge >= 0.3 is 0 Å². The Kier molecular flexibility index (Phi) is 2.40. The first-order valence-electron chi connectivity index (χ1n) is 6.42. The molecule has 1 aromatic heterocycles. The first kappa shape index (κ1) is 11.9. The minimum Gasteiger partial charge on any atom is -0.134 e. The van der Waals surface area contributed by atoms with Gasteiger partial charge in [0.2, 0.25) is 0 Å². The van der Waals surface area contributed by atoms with Gasteiger partial charge < -0.3 is 0 Å². The summed E-state index contributed by atoms with van der Waals surface area (Å²) < 4.78 is 2.80. The van der Waals surface area contributed by atoms with Crippen LogP contribution in [0.4, 0.5) is 0 Å². The fourth-order valence-electron chi connectivity index (χ4n) is 3.26. The molecule has 0 radical (unpaired) electrons. The molecule has 1 aliphatic rings. The molecule has 0 nitrogen and oxygen atoms in total. The lowest BCUT2D eigenvalue weighted by Crippen LogP contribution is -2.14. The molecule has 2 aromatic carbocycles.